The Kier molecular flexibility index (Phi) is 4.86. The zero-order valence-corrected chi connectivity index (χ0v) is 19.7. The molecule has 0 bridgehead atoms. The third-order valence-corrected chi connectivity index (χ3v) is 12.1. The van der Waals surface area contributed by atoms with Crippen molar-refractivity contribution in [2.24, 2.45) is 58.2 Å². The summed E-state index contributed by atoms with van der Waals surface area (Å²) in [7, 11) is 0. The minimum absolute atomic E-state index is 0.567. The van der Waals surface area contributed by atoms with Crippen LogP contribution in [0.1, 0.15) is 86.5 Å². The first kappa shape index (κ1) is 19.1. The first-order valence-corrected chi connectivity index (χ1v) is 12.7. The minimum atomic E-state index is 0.567. The molecule has 25 heavy (non-hydrogen) atoms. The average molecular weight is 456 g/mol. The standard InChI is InChI=1S/C24H41I/c1-7-17-20-12-15-11-16(15)13-24(20,6)19-9-10-23(5,14(3)4)18(8-2)21(19)22(17)25/h14-22H,7-13H2,1-6H3/t15?,16?,17-,18+,19?,20?,21+,22-,23-,24-/m1/s1. The van der Waals surface area contributed by atoms with Crippen molar-refractivity contribution < 1.29 is 0 Å². The van der Waals surface area contributed by atoms with Gasteiger partial charge in [0.2, 0.25) is 0 Å². The van der Waals surface area contributed by atoms with Crippen molar-refractivity contribution in [3.05, 3.63) is 0 Å². The molecule has 0 spiro atoms. The van der Waals surface area contributed by atoms with Gasteiger partial charge in [0.1, 0.15) is 0 Å². The molecule has 0 nitrogen and oxygen atoms in total. The monoisotopic (exact) mass is 456 g/mol. The quantitative estimate of drug-likeness (QED) is 0.303. The molecular weight excluding hydrogens is 415 g/mol. The molecule has 4 aliphatic rings. The van der Waals surface area contributed by atoms with Gasteiger partial charge < -0.3 is 0 Å². The lowest BCUT2D eigenvalue weighted by molar-refractivity contribution is -0.141. The molecule has 0 aromatic carbocycles. The van der Waals surface area contributed by atoms with E-state index in [1.165, 1.54) is 25.7 Å². The van der Waals surface area contributed by atoms with Gasteiger partial charge in [0.05, 0.1) is 0 Å². The Hall–Kier alpha value is 0.730. The molecule has 0 heterocycles. The lowest BCUT2D eigenvalue weighted by atomic mass is 9.41. The molecule has 4 unspecified atom stereocenters. The van der Waals surface area contributed by atoms with Crippen LogP contribution in [-0.4, -0.2) is 3.92 Å². The van der Waals surface area contributed by atoms with Crippen molar-refractivity contribution in [3.8, 4) is 0 Å². The van der Waals surface area contributed by atoms with Gasteiger partial charge in [-0.05, 0) is 90.3 Å². The van der Waals surface area contributed by atoms with Crippen LogP contribution in [0.25, 0.3) is 0 Å². The summed E-state index contributed by atoms with van der Waals surface area (Å²) in [6.45, 7) is 15.4. The summed E-state index contributed by atoms with van der Waals surface area (Å²) in [6.07, 6.45) is 10.6. The molecular formula is C24H41I. The zero-order chi connectivity index (χ0) is 18.1. The molecule has 0 N–H and O–H groups in total. The fourth-order valence-electron chi connectivity index (χ4n) is 8.50. The van der Waals surface area contributed by atoms with E-state index in [1.807, 2.05) is 0 Å². The van der Waals surface area contributed by atoms with Crippen molar-refractivity contribution in [2.45, 2.75) is 90.4 Å². The van der Waals surface area contributed by atoms with Crippen molar-refractivity contribution in [3.63, 3.8) is 0 Å². The van der Waals surface area contributed by atoms with Crippen molar-refractivity contribution >= 4 is 22.6 Å². The Labute approximate surface area is 170 Å². The number of alkyl halides is 1. The third-order valence-electron chi connectivity index (χ3n) is 10.3. The van der Waals surface area contributed by atoms with E-state index in [0.29, 0.717) is 10.8 Å². The molecule has 4 rings (SSSR count). The molecule has 0 aliphatic heterocycles. The number of hydrogen-bond donors (Lipinski definition) is 0. The number of fused-ring (bicyclic) bond motifs is 4. The van der Waals surface area contributed by atoms with Crippen molar-refractivity contribution in [1.82, 2.24) is 0 Å². The first-order valence-electron chi connectivity index (χ1n) is 11.4. The average Bonchev–Trinajstić information content (AvgIpc) is 3.31. The van der Waals surface area contributed by atoms with E-state index in [4.69, 9.17) is 0 Å². The molecule has 1 heteroatoms. The Morgan fingerprint density at radius 3 is 2.32 bits per heavy atom. The molecule has 4 aliphatic carbocycles. The fraction of sp³-hybridized carbons (Fsp3) is 1.00. The van der Waals surface area contributed by atoms with Crippen LogP contribution in [0.2, 0.25) is 0 Å². The first-order chi connectivity index (χ1) is 11.8. The van der Waals surface area contributed by atoms with Crippen molar-refractivity contribution in [1.29, 1.82) is 0 Å². The smallest absolute Gasteiger partial charge is 0.0175 e. The number of hydrogen-bond acceptors (Lipinski definition) is 0. The normalized spacial score (nSPS) is 57.6. The second kappa shape index (κ2) is 6.38. The van der Waals surface area contributed by atoms with Crippen LogP contribution in [0.5, 0.6) is 0 Å². The predicted octanol–water partition coefficient (Wildman–Crippen LogP) is 7.60. The lowest BCUT2D eigenvalue weighted by Crippen LogP contribution is -2.60. The summed E-state index contributed by atoms with van der Waals surface area (Å²) in [5, 5.41) is 0. The summed E-state index contributed by atoms with van der Waals surface area (Å²) in [5.41, 5.74) is 1.23. The topological polar surface area (TPSA) is 0 Å². The van der Waals surface area contributed by atoms with E-state index in [2.05, 4.69) is 64.1 Å². The molecule has 4 fully saturated rings. The van der Waals surface area contributed by atoms with Crippen LogP contribution in [0, 0.1) is 58.2 Å². The summed E-state index contributed by atoms with van der Waals surface area (Å²) in [4.78, 5) is 0. The predicted molar refractivity (Wildman–Crippen MR) is 117 cm³/mol. The highest BCUT2D eigenvalue weighted by molar-refractivity contribution is 14.1. The molecule has 0 radical (unpaired) electrons. The van der Waals surface area contributed by atoms with E-state index in [1.54, 1.807) is 19.3 Å². The number of rotatable bonds is 3. The molecule has 4 saturated carbocycles. The van der Waals surface area contributed by atoms with Crippen molar-refractivity contribution in [2.75, 3.05) is 0 Å². The van der Waals surface area contributed by atoms with E-state index in [9.17, 15) is 0 Å². The Bertz CT molecular complexity index is 512. The van der Waals surface area contributed by atoms with Crippen LogP contribution in [0.4, 0.5) is 0 Å². The van der Waals surface area contributed by atoms with Crippen LogP contribution in [0.3, 0.4) is 0 Å². The van der Waals surface area contributed by atoms with Crippen LogP contribution in [0.15, 0.2) is 0 Å². The van der Waals surface area contributed by atoms with Gasteiger partial charge in [-0.2, -0.15) is 0 Å². The maximum Gasteiger partial charge on any atom is 0.0175 e. The maximum atomic E-state index is 2.95. The summed E-state index contributed by atoms with van der Waals surface area (Å²) < 4.78 is 0.921. The van der Waals surface area contributed by atoms with Gasteiger partial charge in [-0.15, -0.1) is 0 Å². The summed E-state index contributed by atoms with van der Waals surface area (Å²) in [6, 6.07) is 0. The molecule has 0 aromatic rings. The highest BCUT2D eigenvalue weighted by Crippen LogP contribution is 2.71. The second-order valence-electron chi connectivity index (χ2n) is 11.2. The summed E-state index contributed by atoms with van der Waals surface area (Å²) in [5.74, 6) is 8.02. The van der Waals surface area contributed by atoms with E-state index >= 15 is 0 Å². The molecule has 144 valence electrons. The second-order valence-corrected chi connectivity index (χ2v) is 12.7. The highest BCUT2D eigenvalue weighted by atomic mass is 127. The van der Waals surface area contributed by atoms with E-state index in [-0.39, 0.29) is 0 Å². The van der Waals surface area contributed by atoms with Gasteiger partial charge in [0, 0.05) is 3.92 Å². The van der Waals surface area contributed by atoms with E-state index in [0.717, 1.165) is 51.3 Å². The van der Waals surface area contributed by atoms with Gasteiger partial charge in [-0.1, -0.05) is 77.0 Å². The van der Waals surface area contributed by atoms with Gasteiger partial charge in [-0.3, -0.25) is 0 Å². The Morgan fingerprint density at radius 1 is 1.00 bits per heavy atom. The molecule has 0 amide bonds. The van der Waals surface area contributed by atoms with Gasteiger partial charge in [0.15, 0.2) is 0 Å². The Balaban J connectivity index is 1.74. The van der Waals surface area contributed by atoms with Gasteiger partial charge in [0.25, 0.3) is 0 Å². The molecule has 0 aromatic heterocycles. The number of halogens is 1. The lowest BCUT2D eigenvalue weighted by Gasteiger charge is -2.65. The summed E-state index contributed by atoms with van der Waals surface area (Å²) >= 11 is 2.95. The van der Waals surface area contributed by atoms with Gasteiger partial charge >= 0.3 is 0 Å². The Morgan fingerprint density at radius 2 is 1.72 bits per heavy atom. The largest absolute Gasteiger partial charge is 0.0820 e. The van der Waals surface area contributed by atoms with E-state index < -0.39 is 0 Å². The molecule has 0 saturated heterocycles. The fourth-order valence-corrected chi connectivity index (χ4v) is 10.5. The molecule has 10 atom stereocenters. The van der Waals surface area contributed by atoms with Gasteiger partial charge in [-0.25, -0.2) is 0 Å². The van der Waals surface area contributed by atoms with Crippen LogP contribution >= 0.6 is 22.6 Å². The highest BCUT2D eigenvalue weighted by Gasteiger charge is 2.65. The minimum Gasteiger partial charge on any atom is -0.0820 e. The third kappa shape index (κ3) is 2.63. The van der Waals surface area contributed by atoms with Crippen LogP contribution < -0.4 is 0 Å². The maximum absolute atomic E-state index is 2.95. The zero-order valence-electron chi connectivity index (χ0n) is 17.5. The SMILES string of the molecule is CC[C@@H]1C2CC3CC3C[C@]2(C)C2CC[C@](C)(C(C)C)[C@@H](CC)[C@@H]2[C@@H]1I. The van der Waals surface area contributed by atoms with Crippen LogP contribution in [-0.2, 0) is 0 Å².